The highest BCUT2D eigenvalue weighted by atomic mass is 28.4. The molecule has 0 N–H and O–H groups in total. The standard InChI is InChI=1S/C14H17F15O3Si/c1-30-33(31-2,32-3)7-5-4-6-8(15,16)9(17,18)10(19,20)11(21,22)12(23,24)13(25,26)14(27,28)29/h4-7H2,1-3H3. The van der Waals surface area contributed by atoms with Gasteiger partial charge in [-0.25, -0.2) is 0 Å². The Morgan fingerprint density at radius 2 is 0.818 bits per heavy atom. The molecule has 0 rings (SSSR count). The molecule has 0 spiro atoms. The first kappa shape index (κ1) is 32.0. The van der Waals surface area contributed by atoms with Crippen LogP contribution in [0.4, 0.5) is 65.9 Å². The molecular formula is C14H17F15O3Si. The molecule has 0 saturated carbocycles. The summed E-state index contributed by atoms with van der Waals surface area (Å²) in [5.74, 6) is -46.3. The fourth-order valence-corrected chi connectivity index (χ4v) is 4.20. The van der Waals surface area contributed by atoms with Crippen LogP contribution in [-0.2, 0) is 13.3 Å². The number of hydrogen-bond acceptors (Lipinski definition) is 3. The molecular weight excluding hydrogens is 529 g/mol. The molecule has 0 aromatic carbocycles. The van der Waals surface area contributed by atoms with E-state index < -0.39 is 69.8 Å². The number of halogens is 15. The minimum Gasteiger partial charge on any atom is -0.377 e. The third kappa shape index (κ3) is 5.19. The van der Waals surface area contributed by atoms with Crippen LogP contribution < -0.4 is 0 Å². The molecule has 0 aliphatic rings. The van der Waals surface area contributed by atoms with Crippen LogP contribution in [0, 0.1) is 0 Å². The summed E-state index contributed by atoms with van der Waals surface area (Å²) in [7, 11) is -0.350. The number of alkyl halides is 15. The van der Waals surface area contributed by atoms with E-state index in [1.165, 1.54) is 0 Å². The molecule has 0 saturated heterocycles. The molecule has 0 aliphatic carbocycles. The van der Waals surface area contributed by atoms with Gasteiger partial charge in [-0.15, -0.1) is 0 Å². The number of rotatable bonds is 13. The van der Waals surface area contributed by atoms with Gasteiger partial charge in [-0.2, -0.15) is 65.9 Å². The van der Waals surface area contributed by atoms with Crippen LogP contribution in [0.25, 0.3) is 0 Å². The second-order valence-corrected chi connectivity index (χ2v) is 9.67. The second kappa shape index (κ2) is 9.60. The topological polar surface area (TPSA) is 27.7 Å². The van der Waals surface area contributed by atoms with Crippen molar-refractivity contribution < 1.29 is 79.1 Å². The van der Waals surface area contributed by atoms with Gasteiger partial charge in [-0.05, 0) is 12.8 Å². The van der Waals surface area contributed by atoms with Crippen LogP contribution in [0.15, 0.2) is 0 Å². The van der Waals surface area contributed by atoms with Crippen LogP contribution in [0.2, 0.25) is 6.04 Å². The molecule has 0 atom stereocenters. The number of unbranched alkanes of at least 4 members (excludes halogenated alkanes) is 1. The van der Waals surface area contributed by atoms with Crippen LogP contribution in [0.3, 0.4) is 0 Å². The minimum atomic E-state index is -8.27. The zero-order valence-electron chi connectivity index (χ0n) is 16.7. The van der Waals surface area contributed by atoms with Gasteiger partial charge in [0, 0.05) is 33.8 Å². The van der Waals surface area contributed by atoms with Crippen LogP contribution >= 0.6 is 0 Å². The Morgan fingerprint density at radius 3 is 1.15 bits per heavy atom. The van der Waals surface area contributed by atoms with Crippen LogP contribution in [-0.4, -0.2) is 71.8 Å². The summed E-state index contributed by atoms with van der Waals surface area (Å²) in [6, 6.07) is -0.388. The highest BCUT2D eigenvalue weighted by Gasteiger charge is 2.93. The number of hydrogen-bond donors (Lipinski definition) is 0. The zero-order valence-corrected chi connectivity index (χ0v) is 17.7. The predicted molar refractivity (Wildman–Crippen MR) is 81.2 cm³/mol. The van der Waals surface area contributed by atoms with Crippen molar-refractivity contribution >= 4 is 8.80 Å². The van der Waals surface area contributed by atoms with Crippen molar-refractivity contribution in [2.24, 2.45) is 0 Å². The Morgan fingerprint density at radius 1 is 0.485 bits per heavy atom. The summed E-state index contributed by atoms with van der Waals surface area (Å²) in [4.78, 5) is 0. The molecule has 200 valence electrons. The molecule has 0 aliphatic heterocycles. The fraction of sp³-hybridized carbons (Fsp3) is 1.00. The fourth-order valence-electron chi connectivity index (χ4n) is 2.40. The van der Waals surface area contributed by atoms with Crippen molar-refractivity contribution in [1.82, 2.24) is 0 Å². The molecule has 0 fully saturated rings. The van der Waals surface area contributed by atoms with Crippen LogP contribution in [0.1, 0.15) is 19.3 Å². The Hall–Kier alpha value is -0.953. The van der Waals surface area contributed by atoms with Gasteiger partial charge in [0.1, 0.15) is 0 Å². The summed E-state index contributed by atoms with van der Waals surface area (Å²) in [5, 5.41) is 0. The van der Waals surface area contributed by atoms with E-state index in [4.69, 9.17) is 13.3 Å². The van der Waals surface area contributed by atoms with Crippen molar-refractivity contribution in [3.05, 3.63) is 0 Å². The second-order valence-electron chi connectivity index (χ2n) is 6.58. The summed E-state index contributed by atoms with van der Waals surface area (Å²) in [5.41, 5.74) is 0. The lowest BCUT2D eigenvalue weighted by atomic mass is 9.89. The first-order chi connectivity index (χ1) is 14.4. The lowest BCUT2D eigenvalue weighted by Crippen LogP contribution is -2.72. The molecule has 0 aromatic rings. The third-order valence-corrected chi connectivity index (χ3v) is 7.38. The van der Waals surface area contributed by atoms with Crippen molar-refractivity contribution in [2.75, 3.05) is 21.3 Å². The SMILES string of the molecule is CO[Si](CCCCC(F)(F)C(F)(F)C(F)(F)C(F)(F)C(F)(F)C(F)(F)C(F)(F)F)(OC)OC. The first-order valence-electron chi connectivity index (χ1n) is 8.38. The maximum atomic E-state index is 13.7. The Labute approximate surface area is 177 Å². The molecule has 0 aromatic heterocycles. The highest BCUT2D eigenvalue weighted by molar-refractivity contribution is 6.60. The molecule has 33 heavy (non-hydrogen) atoms. The lowest BCUT2D eigenvalue weighted by molar-refractivity contribution is -0.452. The molecule has 0 unspecified atom stereocenters. The Bertz CT molecular complexity index is 638. The van der Waals surface area contributed by atoms with Gasteiger partial charge in [0.25, 0.3) is 0 Å². The lowest BCUT2D eigenvalue weighted by Gasteiger charge is -2.41. The summed E-state index contributed by atoms with van der Waals surface area (Å²) < 4.78 is 211. The van der Waals surface area contributed by atoms with E-state index in [0.717, 1.165) is 21.3 Å². The molecule has 0 bridgehead atoms. The normalized spacial score (nSPS) is 15.8. The Kier molecular flexibility index (Phi) is 9.32. The average molecular weight is 546 g/mol. The van der Waals surface area contributed by atoms with E-state index in [2.05, 4.69) is 0 Å². The first-order valence-corrected chi connectivity index (χ1v) is 10.3. The monoisotopic (exact) mass is 546 g/mol. The van der Waals surface area contributed by atoms with E-state index in [1.54, 1.807) is 0 Å². The maximum absolute atomic E-state index is 13.7. The van der Waals surface area contributed by atoms with Gasteiger partial charge < -0.3 is 13.3 Å². The minimum absolute atomic E-state index is 0.388. The van der Waals surface area contributed by atoms with Crippen molar-refractivity contribution in [1.29, 1.82) is 0 Å². The molecule has 0 heterocycles. The van der Waals surface area contributed by atoms with E-state index >= 15 is 0 Å². The van der Waals surface area contributed by atoms with Crippen molar-refractivity contribution in [3.8, 4) is 0 Å². The summed E-state index contributed by atoms with van der Waals surface area (Å²) in [6.07, 6.45) is -11.8. The third-order valence-electron chi connectivity index (χ3n) is 4.55. The summed E-state index contributed by atoms with van der Waals surface area (Å²) in [6.45, 7) is 0. The highest BCUT2D eigenvalue weighted by Crippen LogP contribution is 2.62. The van der Waals surface area contributed by atoms with Gasteiger partial charge in [0.05, 0.1) is 0 Å². The Balaban J connectivity index is 5.90. The van der Waals surface area contributed by atoms with Gasteiger partial charge in [-0.3, -0.25) is 0 Å². The van der Waals surface area contributed by atoms with Crippen molar-refractivity contribution in [2.45, 2.75) is 67.0 Å². The molecule has 3 nitrogen and oxygen atoms in total. The van der Waals surface area contributed by atoms with Crippen LogP contribution in [0.5, 0.6) is 0 Å². The summed E-state index contributed by atoms with van der Waals surface area (Å²) >= 11 is 0. The van der Waals surface area contributed by atoms with E-state index in [-0.39, 0.29) is 6.04 Å². The smallest absolute Gasteiger partial charge is 0.377 e. The quantitative estimate of drug-likeness (QED) is 0.152. The van der Waals surface area contributed by atoms with Gasteiger partial charge in [-0.1, -0.05) is 0 Å². The van der Waals surface area contributed by atoms with Crippen molar-refractivity contribution in [3.63, 3.8) is 0 Å². The van der Waals surface area contributed by atoms with Gasteiger partial charge in [0.2, 0.25) is 0 Å². The average Bonchev–Trinajstić information content (AvgIpc) is 2.67. The van der Waals surface area contributed by atoms with Gasteiger partial charge >= 0.3 is 50.5 Å². The van der Waals surface area contributed by atoms with Gasteiger partial charge in [0.15, 0.2) is 0 Å². The van der Waals surface area contributed by atoms with E-state index in [0.29, 0.717) is 0 Å². The molecule has 0 radical (unpaired) electrons. The molecule has 19 heteroatoms. The molecule has 0 amide bonds. The predicted octanol–water partition coefficient (Wildman–Crippen LogP) is 6.41. The largest absolute Gasteiger partial charge is 0.500 e. The zero-order chi connectivity index (χ0) is 26.9. The van der Waals surface area contributed by atoms with E-state index in [1.807, 2.05) is 0 Å². The maximum Gasteiger partial charge on any atom is 0.500 e. The van der Waals surface area contributed by atoms with E-state index in [9.17, 15) is 65.9 Å².